The van der Waals surface area contributed by atoms with Crippen molar-refractivity contribution in [1.29, 1.82) is 0 Å². The maximum absolute atomic E-state index is 12.7. The molecule has 1 aliphatic rings. The number of carbonyl (C=O) groups is 1. The van der Waals surface area contributed by atoms with Gasteiger partial charge in [0.1, 0.15) is 16.9 Å². The lowest BCUT2D eigenvalue weighted by atomic mass is 10.1. The van der Waals surface area contributed by atoms with E-state index in [1.807, 2.05) is 31.2 Å². The average Bonchev–Trinajstić information content (AvgIpc) is 2.97. The number of halogens is 3. The van der Waals surface area contributed by atoms with E-state index in [1.165, 1.54) is 30.0 Å². The molecule has 4 nitrogen and oxygen atoms in total. The predicted octanol–water partition coefficient (Wildman–Crippen LogP) is 4.76. The van der Waals surface area contributed by atoms with E-state index in [9.17, 15) is 18.0 Å². The van der Waals surface area contributed by atoms with Gasteiger partial charge in [-0.25, -0.2) is 0 Å². The molecule has 3 rings (SSSR count). The van der Waals surface area contributed by atoms with Gasteiger partial charge in [-0.15, -0.1) is 24.9 Å². The number of para-hydroxylation sites is 2. The van der Waals surface area contributed by atoms with Crippen LogP contribution in [0.3, 0.4) is 0 Å². The van der Waals surface area contributed by atoms with Crippen molar-refractivity contribution in [2.24, 2.45) is 0 Å². The van der Waals surface area contributed by atoms with Crippen LogP contribution in [-0.4, -0.2) is 29.5 Å². The highest BCUT2D eigenvalue weighted by atomic mass is 32.2. The summed E-state index contributed by atoms with van der Waals surface area (Å²) in [6.45, 7) is 2.36. The molecule has 1 fully saturated rings. The molecule has 0 bridgehead atoms. The molecule has 1 unspecified atom stereocenters. The molecule has 1 heterocycles. The van der Waals surface area contributed by atoms with Gasteiger partial charge in [0.05, 0.1) is 18.9 Å². The molecule has 0 spiro atoms. The monoisotopic (exact) mass is 397 g/mol. The summed E-state index contributed by atoms with van der Waals surface area (Å²) in [6.07, 6.45) is -4.79. The molecule has 2 aromatic carbocycles. The van der Waals surface area contributed by atoms with Gasteiger partial charge < -0.3 is 14.4 Å². The predicted molar refractivity (Wildman–Crippen MR) is 96.5 cm³/mol. The Morgan fingerprint density at radius 1 is 1.11 bits per heavy atom. The first-order valence-corrected chi connectivity index (χ1v) is 9.40. The molecule has 27 heavy (non-hydrogen) atoms. The highest BCUT2D eigenvalue weighted by molar-refractivity contribution is 8.00. The SMILES string of the molecule is CCOc1ccccc1C1SCC(=O)N1Cc1ccccc1OC(F)(F)F. The largest absolute Gasteiger partial charge is 0.573 e. The second-order valence-electron chi connectivity index (χ2n) is 5.81. The fourth-order valence-electron chi connectivity index (χ4n) is 2.90. The van der Waals surface area contributed by atoms with Crippen molar-refractivity contribution >= 4 is 17.7 Å². The molecule has 0 aromatic heterocycles. The molecular formula is C19H18F3NO3S. The third-order valence-corrected chi connectivity index (χ3v) is 5.23. The van der Waals surface area contributed by atoms with Crippen LogP contribution in [0.1, 0.15) is 23.4 Å². The number of nitrogens with zero attached hydrogens (tertiary/aromatic N) is 1. The van der Waals surface area contributed by atoms with Crippen molar-refractivity contribution in [2.45, 2.75) is 25.2 Å². The van der Waals surface area contributed by atoms with Crippen LogP contribution in [0.15, 0.2) is 48.5 Å². The van der Waals surface area contributed by atoms with E-state index >= 15 is 0 Å². The van der Waals surface area contributed by atoms with Crippen molar-refractivity contribution in [3.63, 3.8) is 0 Å². The third-order valence-electron chi connectivity index (χ3n) is 3.99. The van der Waals surface area contributed by atoms with Gasteiger partial charge in [-0.2, -0.15) is 0 Å². The minimum Gasteiger partial charge on any atom is -0.493 e. The topological polar surface area (TPSA) is 38.8 Å². The summed E-state index contributed by atoms with van der Waals surface area (Å²) < 4.78 is 47.8. The number of amides is 1. The molecule has 0 saturated carbocycles. The average molecular weight is 397 g/mol. The first-order chi connectivity index (χ1) is 12.9. The lowest BCUT2D eigenvalue weighted by Gasteiger charge is -2.26. The van der Waals surface area contributed by atoms with Crippen molar-refractivity contribution < 1.29 is 27.4 Å². The zero-order valence-corrected chi connectivity index (χ0v) is 15.3. The van der Waals surface area contributed by atoms with Crippen LogP contribution in [0.25, 0.3) is 0 Å². The highest BCUT2D eigenvalue weighted by Crippen LogP contribution is 2.43. The smallest absolute Gasteiger partial charge is 0.493 e. The molecule has 2 aromatic rings. The van der Waals surface area contributed by atoms with Crippen LogP contribution in [0, 0.1) is 0 Å². The van der Waals surface area contributed by atoms with E-state index in [0.717, 1.165) is 5.56 Å². The Balaban J connectivity index is 1.89. The van der Waals surface area contributed by atoms with Crippen molar-refractivity contribution in [1.82, 2.24) is 4.90 Å². The van der Waals surface area contributed by atoms with Crippen molar-refractivity contribution in [3.8, 4) is 11.5 Å². The van der Waals surface area contributed by atoms with Gasteiger partial charge in [-0.3, -0.25) is 4.79 Å². The summed E-state index contributed by atoms with van der Waals surface area (Å²) >= 11 is 1.42. The van der Waals surface area contributed by atoms with Crippen LogP contribution in [0.5, 0.6) is 11.5 Å². The van der Waals surface area contributed by atoms with Crippen LogP contribution >= 0.6 is 11.8 Å². The summed E-state index contributed by atoms with van der Waals surface area (Å²) in [5.74, 6) is 0.481. The molecule has 0 N–H and O–H groups in total. The second kappa shape index (κ2) is 8.12. The third kappa shape index (κ3) is 4.68. The Morgan fingerprint density at radius 2 is 1.78 bits per heavy atom. The molecular weight excluding hydrogens is 379 g/mol. The minimum absolute atomic E-state index is 0.0171. The van der Waals surface area contributed by atoms with E-state index in [1.54, 1.807) is 11.0 Å². The number of carbonyl (C=O) groups excluding carboxylic acids is 1. The number of hydrogen-bond acceptors (Lipinski definition) is 4. The van der Waals surface area contributed by atoms with Gasteiger partial charge in [0.15, 0.2) is 0 Å². The Kier molecular flexibility index (Phi) is 5.84. The van der Waals surface area contributed by atoms with Gasteiger partial charge in [0.2, 0.25) is 5.91 Å². The number of ether oxygens (including phenoxy) is 2. The zero-order chi connectivity index (χ0) is 19.4. The second-order valence-corrected chi connectivity index (χ2v) is 6.88. The summed E-state index contributed by atoms with van der Waals surface area (Å²) in [4.78, 5) is 14.0. The lowest BCUT2D eigenvalue weighted by molar-refractivity contribution is -0.275. The minimum atomic E-state index is -4.79. The van der Waals surface area contributed by atoms with E-state index < -0.39 is 6.36 Å². The van der Waals surface area contributed by atoms with Gasteiger partial charge in [-0.1, -0.05) is 36.4 Å². The molecule has 0 radical (unpaired) electrons. The summed E-state index contributed by atoms with van der Waals surface area (Å²) in [5.41, 5.74) is 1.12. The maximum Gasteiger partial charge on any atom is 0.573 e. The van der Waals surface area contributed by atoms with Gasteiger partial charge in [0.25, 0.3) is 0 Å². The molecule has 8 heteroatoms. The Morgan fingerprint density at radius 3 is 2.48 bits per heavy atom. The first-order valence-electron chi connectivity index (χ1n) is 8.35. The van der Waals surface area contributed by atoms with E-state index in [-0.39, 0.29) is 29.3 Å². The van der Waals surface area contributed by atoms with Crippen molar-refractivity contribution in [2.75, 3.05) is 12.4 Å². The van der Waals surface area contributed by atoms with Crippen LogP contribution in [0.2, 0.25) is 0 Å². The zero-order valence-electron chi connectivity index (χ0n) is 14.5. The van der Waals surface area contributed by atoms with E-state index in [4.69, 9.17) is 4.74 Å². The van der Waals surface area contributed by atoms with Crippen molar-refractivity contribution in [3.05, 3.63) is 59.7 Å². The highest BCUT2D eigenvalue weighted by Gasteiger charge is 2.36. The van der Waals surface area contributed by atoms with Gasteiger partial charge in [0, 0.05) is 11.1 Å². The number of thioether (sulfide) groups is 1. The van der Waals surface area contributed by atoms with Crippen LogP contribution in [-0.2, 0) is 11.3 Å². The summed E-state index contributed by atoms with van der Waals surface area (Å²) in [6, 6.07) is 13.2. The Bertz CT molecular complexity index is 813. The standard InChI is InChI=1S/C19H18F3NO3S/c1-2-25-16-10-6-4-8-14(16)18-23(17(24)12-27-18)11-13-7-3-5-9-15(13)26-19(20,21)22/h3-10,18H,2,11-12H2,1H3. The molecule has 0 aliphatic carbocycles. The molecule has 144 valence electrons. The summed E-state index contributed by atoms with van der Waals surface area (Å²) in [7, 11) is 0. The molecule has 1 atom stereocenters. The normalized spacial score (nSPS) is 17.3. The Hall–Kier alpha value is -2.35. The lowest BCUT2D eigenvalue weighted by Crippen LogP contribution is -2.28. The van der Waals surface area contributed by atoms with Gasteiger partial charge >= 0.3 is 6.36 Å². The molecule has 1 amide bonds. The number of alkyl halides is 3. The first kappa shape index (κ1) is 19.4. The van der Waals surface area contributed by atoms with Crippen LogP contribution in [0.4, 0.5) is 13.2 Å². The quantitative estimate of drug-likeness (QED) is 0.705. The van der Waals surface area contributed by atoms with Crippen LogP contribution < -0.4 is 9.47 Å². The van der Waals surface area contributed by atoms with E-state index in [2.05, 4.69) is 4.74 Å². The fraction of sp³-hybridized carbons (Fsp3) is 0.316. The fourth-order valence-corrected chi connectivity index (χ4v) is 4.11. The number of benzene rings is 2. The van der Waals surface area contributed by atoms with Gasteiger partial charge in [-0.05, 0) is 19.1 Å². The molecule has 1 saturated heterocycles. The Labute approximate surface area is 159 Å². The molecule has 1 aliphatic heterocycles. The summed E-state index contributed by atoms with van der Waals surface area (Å²) in [5, 5.41) is -0.334. The number of hydrogen-bond donors (Lipinski definition) is 0. The van der Waals surface area contributed by atoms with E-state index in [0.29, 0.717) is 17.9 Å². The number of rotatable bonds is 6. The maximum atomic E-state index is 12.7.